The van der Waals surface area contributed by atoms with Crippen molar-refractivity contribution in [2.75, 3.05) is 5.73 Å². The summed E-state index contributed by atoms with van der Waals surface area (Å²) in [6.07, 6.45) is 2.42. The molecule has 0 saturated heterocycles. The third-order valence-electron chi connectivity index (χ3n) is 2.96. The Morgan fingerprint density at radius 1 is 1.11 bits per heavy atom. The van der Waals surface area contributed by atoms with Gasteiger partial charge in [0.15, 0.2) is 0 Å². The van der Waals surface area contributed by atoms with Gasteiger partial charge in [0.2, 0.25) is 0 Å². The van der Waals surface area contributed by atoms with Gasteiger partial charge in [0.05, 0.1) is 0 Å². The van der Waals surface area contributed by atoms with E-state index in [1.807, 2.05) is 37.3 Å². The Morgan fingerprint density at radius 3 is 2.50 bits per heavy atom. The van der Waals surface area contributed by atoms with Gasteiger partial charge in [-0.1, -0.05) is 30.3 Å². The quantitative estimate of drug-likeness (QED) is 0.892. The van der Waals surface area contributed by atoms with Crippen LogP contribution in [0.5, 0.6) is 0 Å². The second-order valence-electron chi connectivity index (χ2n) is 4.37. The normalized spacial score (nSPS) is 10.3. The molecule has 0 saturated carbocycles. The summed E-state index contributed by atoms with van der Waals surface area (Å²) in [4.78, 5) is 16.0. The molecule has 18 heavy (non-hydrogen) atoms. The SMILES string of the molecule is Cc1ccccc1CC(=O)Cc1cccnc1N. The van der Waals surface area contributed by atoms with Gasteiger partial charge < -0.3 is 5.73 Å². The number of carbonyl (C=O) groups excluding carboxylic acids is 1. The fourth-order valence-corrected chi connectivity index (χ4v) is 1.90. The van der Waals surface area contributed by atoms with Gasteiger partial charge in [-0.15, -0.1) is 0 Å². The highest BCUT2D eigenvalue weighted by atomic mass is 16.1. The van der Waals surface area contributed by atoms with Crippen molar-refractivity contribution in [3.63, 3.8) is 0 Å². The van der Waals surface area contributed by atoms with Crippen LogP contribution in [-0.4, -0.2) is 10.8 Å². The predicted molar refractivity (Wildman–Crippen MR) is 72.2 cm³/mol. The number of ketones is 1. The Morgan fingerprint density at radius 2 is 1.78 bits per heavy atom. The summed E-state index contributed by atoms with van der Waals surface area (Å²) >= 11 is 0. The average molecular weight is 240 g/mol. The molecule has 3 nitrogen and oxygen atoms in total. The van der Waals surface area contributed by atoms with E-state index in [1.165, 1.54) is 0 Å². The number of nitrogens with zero attached hydrogens (tertiary/aromatic N) is 1. The van der Waals surface area contributed by atoms with Gasteiger partial charge in [0.25, 0.3) is 0 Å². The second-order valence-corrected chi connectivity index (χ2v) is 4.37. The first-order valence-corrected chi connectivity index (χ1v) is 5.92. The van der Waals surface area contributed by atoms with Crippen LogP contribution in [-0.2, 0) is 17.6 Å². The Balaban J connectivity index is 2.06. The smallest absolute Gasteiger partial charge is 0.141 e. The molecule has 0 aliphatic heterocycles. The lowest BCUT2D eigenvalue weighted by Crippen LogP contribution is -2.09. The van der Waals surface area contributed by atoms with Crippen LogP contribution in [0.2, 0.25) is 0 Å². The number of carbonyl (C=O) groups is 1. The lowest BCUT2D eigenvalue weighted by molar-refractivity contribution is -0.117. The van der Waals surface area contributed by atoms with Crippen LogP contribution in [0, 0.1) is 6.92 Å². The number of hydrogen-bond acceptors (Lipinski definition) is 3. The number of aromatic nitrogens is 1. The van der Waals surface area contributed by atoms with Crippen LogP contribution in [0.25, 0.3) is 0 Å². The van der Waals surface area contributed by atoms with Gasteiger partial charge in [-0.05, 0) is 24.1 Å². The Hall–Kier alpha value is -2.16. The number of Topliss-reactive ketones (excluding diaryl/α,β-unsaturated/α-hetero) is 1. The summed E-state index contributed by atoms with van der Waals surface area (Å²) in [7, 11) is 0. The monoisotopic (exact) mass is 240 g/mol. The van der Waals surface area contributed by atoms with Crippen LogP contribution in [0.4, 0.5) is 5.82 Å². The van der Waals surface area contributed by atoms with Crippen molar-refractivity contribution in [1.29, 1.82) is 0 Å². The van der Waals surface area contributed by atoms with Gasteiger partial charge in [0.1, 0.15) is 11.6 Å². The first kappa shape index (κ1) is 12.3. The van der Waals surface area contributed by atoms with Crippen molar-refractivity contribution in [3.8, 4) is 0 Å². The topological polar surface area (TPSA) is 56.0 Å². The van der Waals surface area contributed by atoms with E-state index in [9.17, 15) is 4.79 Å². The van der Waals surface area contributed by atoms with E-state index in [0.29, 0.717) is 18.7 Å². The summed E-state index contributed by atoms with van der Waals surface area (Å²) in [6.45, 7) is 2.01. The molecule has 0 radical (unpaired) electrons. The molecule has 0 amide bonds. The molecule has 0 fully saturated rings. The average Bonchev–Trinajstić information content (AvgIpc) is 2.35. The fraction of sp³-hybridized carbons (Fsp3) is 0.200. The number of benzene rings is 1. The molecule has 2 rings (SSSR count). The lowest BCUT2D eigenvalue weighted by atomic mass is 10.00. The molecule has 0 aliphatic rings. The number of pyridine rings is 1. The standard InChI is InChI=1S/C15H16N2O/c1-11-5-2-3-6-12(11)9-14(18)10-13-7-4-8-17-15(13)16/h2-8H,9-10H2,1H3,(H2,16,17). The molecule has 0 aliphatic carbocycles. The molecule has 3 heteroatoms. The Kier molecular flexibility index (Phi) is 3.72. The minimum atomic E-state index is 0.156. The van der Waals surface area contributed by atoms with E-state index in [4.69, 9.17) is 5.73 Å². The molecule has 0 bridgehead atoms. The van der Waals surface area contributed by atoms with E-state index < -0.39 is 0 Å². The van der Waals surface area contributed by atoms with Crippen molar-refractivity contribution in [2.24, 2.45) is 0 Å². The molecular weight excluding hydrogens is 224 g/mol. The molecular formula is C15H16N2O. The van der Waals surface area contributed by atoms with Gasteiger partial charge in [0, 0.05) is 24.6 Å². The largest absolute Gasteiger partial charge is 0.383 e. The van der Waals surface area contributed by atoms with E-state index in [1.54, 1.807) is 12.3 Å². The predicted octanol–water partition coefficient (Wildman–Crippen LogP) is 2.33. The molecule has 1 aromatic heterocycles. The summed E-state index contributed by atoms with van der Waals surface area (Å²) in [6, 6.07) is 11.6. The number of aryl methyl sites for hydroxylation is 1. The number of nitrogen functional groups attached to an aromatic ring is 1. The third kappa shape index (κ3) is 2.94. The highest BCUT2D eigenvalue weighted by molar-refractivity contribution is 5.84. The van der Waals surface area contributed by atoms with Gasteiger partial charge >= 0.3 is 0 Å². The second kappa shape index (κ2) is 5.45. The number of anilines is 1. The van der Waals surface area contributed by atoms with Crippen molar-refractivity contribution in [1.82, 2.24) is 4.98 Å². The minimum Gasteiger partial charge on any atom is -0.383 e. The highest BCUT2D eigenvalue weighted by Gasteiger charge is 2.09. The molecule has 0 unspecified atom stereocenters. The third-order valence-corrected chi connectivity index (χ3v) is 2.96. The maximum absolute atomic E-state index is 12.0. The molecule has 2 N–H and O–H groups in total. The zero-order valence-corrected chi connectivity index (χ0v) is 10.4. The number of hydrogen-bond donors (Lipinski definition) is 1. The summed E-state index contributed by atoms with van der Waals surface area (Å²) in [5.41, 5.74) is 8.75. The van der Waals surface area contributed by atoms with E-state index in [0.717, 1.165) is 16.7 Å². The van der Waals surface area contributed by atoms with E-state index >= 15 is 0 Å². The lowest BCUT2D eigenvalue weighted by Gasteiger charge is -2.06. The van der Waals surface area contributed by atoms with Crippen molar-refractivity contribution in [2.45, 2.75) is 19.8 Å². The first-order chi connectivity index (χ1) is 8.66. The first-order valence-electron chi connectivity index (χ1n) is 5.92. The summed E-state index contributed by atoms with van der Waals surface area (Å²) in [5, 5.41) is 0. The molecule has 0 spiro atoms. The highest BCUT2D eigenvalue weighted by Crippen LogP contribution is 2.12. The van der Waals surface area contributed by atoms with Crippen LogP contribution >= 0.6 is 0 Å². The summed E-state index contributed by atoms with van der Waals surface area (Å²) < 4.78 is 0. The van der Waals surface area contributed by atoms with Crippen molar-refractivity contribution in [3.05, 3.63) is 59.3 Å². The maximum atomic E-state index is 12.0. The van der Waals surface area contributed by atoms with Gasteiger partial charge in [-0.2, -0.15) is 0 Å². The van der Waals surface area contributed by atoms with Crippen LogP contribution in [0.1, 0.15) is 16.7 Å². The molecule has 92 valence electrons. The maximum Gasteiger partial charge on any atom is 0.141 e. The van der Waals surface area contributed by atoms with Crippen LogP contribution < -0.4 is 5.73 Å². The summed E-state index contributed by atoms with van der Waals surface area (Å²) in [5.74, 6) is 0.597. The zero-order valence-electron chi connectivity index (χ0n) is 10.4. The molecule has 0 atom stereocenters. The Labute approximate surface area is 107 Å². The minimum absolute atomic E-state index is 0.156. The molecule has 2 aromatic rings. The number of rotatable bonds is 4. The van der Waals surface area contributed by atoms with Crippen LogP contribution in [0.3, 0.4) is 0 Å². The van der Waals surface area contributed by atoms with Crippen molar-refractivity contribution < 1.29 is 4.79 Å². The van der Waals surface area contributed by atoms with Crippen molar-refractivity contribution >= 4 is 11.6 Å². The molecule has 1 aromatic carbocycles. The van der Waals surface area contributed by atoms with E-state index in [-0.39, 0.29) is 5.78 Å². The zero-order chi connectivity index (χ0) is 13.0. The van der Waals surface area contributed by atoms with Gasteiger partial charge in [-0.3, -0.25) is 4.79 Å². The van der Waals surface area contributed by atoms with Gasteiger partial charge in [-0.25, -0.2) is 4.98 Å². The fourth-order valence-electron chi connectivity index (χ4n) is 1.90. The van der Waals surface area contributed by atoms with Crippen LogP contribution in [0.15, 0.2) is 42.6 Å². The van der Waals surface area contributed by atoms with E-state index in [2.05, 4.69) is 4.98 Å². The number of nitrogens with two attached hydrogens (primary N) is 1. The Bertz CT molecular complexity index is 514. The molecule has 1 heterocycles.